The number of fused-ring (bicyclic) bond motifs is 1. The number of anilines is 1. The van der Waals surface area contributed by atoms with Crippen LogP contribution in [0.5, 0.6) is 5.75 Å². The maximum Gasteiger partial charge on any atom is 0.422 e. The molecular formula is C21H20F3N3O4S. The number of benzene rings is 2. The minimum Gasteiger partial charge on any atom is -0.482 e. The summed E-state index contributed by atoms with van der Waals surface area (Å²) in [7, 11) is 1.57. The molecule has 7 nitrogen and oxygen atoms in total. The third-order valence-corrected chi connectivity index (χ3v) is 4.82. The lowest BCUT2D eigenvalue weighted by atomic mass is 10.1. The molecule has 170 valence electrons. The van der Waals surface area contributed by atoms with E-state index < -0.39 is 18.7 Å². The number of aromatic amines is 1. The van der Waals surface area contributed by atoms with E-state index in [2.05, 4.69) is 10.3 Å². The number of amides is 1. The molecule has 32 heavy (non-hydrogen) atoms. The van der Waals surface area contributed by atoms with Crippen LogP contribution < -0.4 is 15.6 Å². The molecule has 0 aliphatic heterocycles. The SMILES string of the molecule is COCCCn1c(=S)[nH]c2cc(C(=O)Nc3ccccc3OCC(F)(F)F)ccc2c1=O. The Morgan fingerprint density at radius 3 is 2.69 bits per heavy atom. The first-order chi connectivity index (χ1) is 15.2. The summed E-state index contributed by atoms with van der Waals surface area (Å²) in [6.07, 6.45) is -3.90. The summed E-state index contributed by atoms with van der Waals surface area (Å²) in [4.78, 5) is 28.4. The average molecular weight is 467 g/mol. The number of aromatic nitrogens is 2. The van der Waals surface area contributed by atoms with Gasteiger partial charge in [0.15, 0.2) is 11.4 Å². The Kier molecular flexibility index (Phi) is 7.31. The molecule has 1 amide bonds. The molecule has 0 saturated heterocycles. The number of methoxy groups -OCH3 is 1. The van der Waals surface area contributed by atoms with Crippen LogP contribution in [0, 0.1) is 4.77 Å². The molecule has 0 bridgehead atoms. The zero-order valence-corrected chi connectivity index (χ0v) is 17.8. The highest BCUT2D eigenvalue weighted by Gasteiger charge is 2.29. The number of para-hydroxylation sites is 2. The largest absolute Gasteiger partial charge is 0.482 e. The van der Waals surface area contributed by atoms with Gasteiger partial charge >= 0.3 is 6.18 Å². The Morgan fingerprint density at radius 1 is 1.22 bits per heavy atom. The van der Waals surface area contributed by atoms with Gasteiger partial charge in [-0.05, 0) is 49.0 Å². The van der Waals surface area contributed by atoms with Crippen LogP contribution in [0.3, 0.4) is 0 Å². The molecule has 0 spiro atoms. The number of nitrogens with zero attached hydrogens (tertiary/aromatic N) is 1. The van der Waals surface area contributed by atoms with Crippen molar-refractivity contribution in [1.82, 2.24) is 9.55 Å². The smallest absolute Gasteiger partial charge is 0.422 e. The van der Waals surface area contributed by atoms with Crippen LogP contribution >= 0.6 is 12.2 Å². The lowest BCUT2D eigenvalue weighted by Crippen LogP contribution is -2.23. The molecule has 0 radical (unpaired) electrons. The second-order valence-corrected chi connectivity index (χ2v) is 7.23. The van der Waals surface area contributed by atoms with E-state index in [1.165, 1.54) is 41.0 Å². The lowest BCUT2D eigenvalue weighted by Gasteiger charge is -2.14. The van der Waals surface area contributed by atoms with E-state index in [1.807, 2.05) is 0 Å². The number of alkyl halides is 3. The van der Waals surface area contributed by atoms with E-state index in [1.54, 1.807) is 13.2 Å². The summed E-state index contributed by atoms with van der Waals surface area (Å²) in [6.45, 7) is -0.621. The summed E-state index contributed by atoms with van der Waals surface area (Å²) in [6, 6.07) is 10.2. The molecule has 1 aromatic heterocycles. The van der Waals surface area contributed by atoms with Crippen molar-refractivity contribution in [3.05, 3.63) is 63.2 Å². The van der Waals surface area contributed by atoms with Gasteiger partial charge < -0.3 is 19.8 Å². The van der Waals surface area contributed by atoms with Gasteiger partial charge in [0.25, 0.3) is 11.5 Å². The van der Waals surface area contributed by atoms with E-state index in [4.69, 9.17) is 21.7 Å². The summed E-state index contributed by atoms with van der Waals surface area (Å²) in [5, 5.41) is 2.88. The number of rotatable bonds is 8. The minimum atomic E-state index is -4.51. The molecule has 0 unspecified atom stereocenters. The van der Waals surface area contributed by atoms with Gasteiger partial charge in [-0.2, -0.15) is 13.2 Å². The van der Waals surface area contributed by atoms with E-state index in [9.17, 15) is 22.8 Å². The maximum absolute atomic E-state index is 12.7. The summed E-state index contributed by atoms with van der Waals surface area (Å²) in [5.41, 5.74) is 0.351. The van der Waals surface area contributed by atoms with Gasteiger partial charge in [0.2, 0.25) is 0 Å². The van der Waals surface area contributed by atoms with E-state index in [0.29, 0.717) is 30.5 Å². The third kappa shape index (κ3) is 5.74. The third-order valence-electron chi connectivity index (χ3n) is 4.50. The Balaban J connectivity index is 1.85. The number of hydrogen-bond acceptors (Lipinski definition) is 5. The normalized spacial score (nSPS) is 11.5. The van der Waals surface area contributed by atoms with E-state index in [0.717, 1.165) is 0 Å². The molecule has 11 heteroatoms. The maximum atomic E-state index is 12.7. The number of ether oxygens (including phenoxy) is 2. The highest BCUT2D eigenvalue weighted by atomic mass is 32.1. The molecule has 2 N–H and O–H groups in total. The van der Waals surface area contributed by atoms with Gasteiger partial charge in [-0.1, -0.05) is 12.1 Å². The molecule has 2 aromatic carbocycles. The van der Waals surface area contributed by atoms with Gasteiger partial charge in [-0.25, -0.2) is 0 Å². The van der Waals surface area contributed by atoms with Crippen molar-refractivity contribution in [3.63, 3.8) is 0 Å². The molecule has 0 atom stereocenters. The molecule has 3 aromatic rings. The Labute approximate surface area is 185 Å². The van der Waals surface area contributed by atoms with Crippen molar-refractivity contribution in [1.29, 1.82) is 0 Å². The molecule has 1 heterocycles. The highest BCUT2D eigenvalue weighted by Crippen LogP contribution is 2.27. The van der Waals surface area contributed by atoms with Crippen LogP contribution in [-0.4, -0.2) is 42.0 Å². The lowest BCUT2D eigenvalue weighted by molar-refractivity contribution is -0.153. The van der Waals surface area contributed by atoms with Crippen LogP contribution in [0.4, 0.5) is 18.9 Å². The predicted molar refractivity (Wildman–Crippen MR) is 116 cm³/mol. The first-order valence-corrected chi connectivity index (χ1v) is 9.96. The number of H-pyrrole nitrogens is 1. The first-order valence-electron chi connectivity index (χ1n) is 9.55. The quantitative estimate of drug-likeness (QED) is 0.381. The number of carbonyl (C=O) groups is 1. The molecule has 0 aliphatic carbocycles. The second-order valence-electron chi connectivity index (χ2n) is 6.85. The van der Waals surface area contributed by atoms with Gasteiger partial charge in [0.05, 0.1) is 16.6 Å². The summed E-state index contributed by atoms with van der Waals surface area (Å²) < 4.78 is 48.8. The zero-order chi connectivity index (χ0) is 23.3. The predicted octanol–water partition coefficient (Wildman–Crippen LogP) is 4.29. The average Bonchev–Trinajstić information content (AvgIpc) is 2.74. The fraction of sp³-hybridized carbons (Fsp3) is 0.286. The summed E-state index contributed by atoms with van der Waals surface area (Å²) in [5.74, 6) is -0.698. The minimum absolute atomic E-state index is 0.0864. The highest BCUT2D eigenvalue weighted by molar-refractivity contribution is 7.71. The Bertz CT molecular complexity index is 1240. The van der Waals surface area contributed by atoms with Crippen LogP contribution in [0.15, 0.2) is 47.3 Å². The second kappa shape index (κ2) is 9.96. The molecule has 0 aliphatic rings. The van der Waals surface area contributed by atoms with Crippen molar-refractivity contribution in [2.24, 2.45) is 0 Å². The molecule has 0 fully saturated rings. The van der Waals surface area contributed by atoms with Crippen molar-refractivity contribution < 1.29 is 27.4 Å². The van der Waals surface area contributed by atoms with Gasteiger partial charge in [-0.3, -0.25) is 14.2 Å². The monoisotopic (exact) mass is 467 g/mol. The van der Waals surface area contributed by atoms with Crippen LogP contribution in [0.25, 0.3) is 10.9 Å². The molecule has 3 rings (SSSR count). The Morgan fingerprint density at radius 2 is 1.97 bits per heavy atom. The standard InChI is InChI=1S/C21H20F3N3O4S/c1-30-10-4-9-27-19(29)14-8-7-13(11-16(14)26-20(27)32)18(28)25-15-5-2-3-6-17(15)31-12-21(22,23)24/h2-3,5-8,11H,4,9-10,12H2,1H3,(H,25,28)(H,26,32). The van der Waals surface area contributed by atoms with Crippen molar-refractivity contribution in [2.75, 3.05) is 25.6 Å². The summed E-state index contributed by atoms with van der Waals surface area (Å²) >= 11 is 5.26. The van der Waals surface area contributed by atoms with Crippen LogP contribution in [0.1, 0.15) is 16.8 Å². The number of carbonyl (C=O) groups excluding carboxylic acids is 1. The van der Waals surface area contributed by atoms with E-state index >= 15 is 0 Å². The fourth-order valence-corrected chi connectivity index (χ4v) is 3.30. The zero-order valence-electron chi connectivity index (χ0n) is 17.0. The number of hydrogen-bond donors (Lipinski definition) is 2. The van der Waals surface area contributed by atoms with Gasteiger partial charge in [0.1, 0.15) is 5.75 Å². The van der Waals surface area contributed by atoms with Gasteiger partial charge in [-0.15, -0.1) is 0 Å². The fourth-order valence-electron chi connectivity index (χ4n) is 3.02. The van der Waals surface area contributed by atoms with Crippen molar-refractivity contribution >= 4 is 34.7 Å². The topological polar surface area (TPSA) is 85.3 Å². The number of halogens is 3. The van der Waals surface area contributed by atoms with Crippen molar-refractivity contribution in [3.8, 4) is 5.75 Å². The molecule has 0 saturated carbocycles. The van der Waals surface area contributed by atoms with Crippen molar-refractivity contribution in [2.45, 2.75) is 19.1 Å². The Hall–Kier alpha value is -3.18. The molecular weight excluding hydrogens is 447 g/mol. The van der Waals surface area contributed by atoms with Crippen LogP contribution in [0.2, 0.25) is 0 Å². The van der Waals surface area contributed by atoms with Crippen LogP contribution in [-0.2, 0) is 11.3 Å². The first kappa shape index (κ1) is 23.5. The van der Waals surface area contributed by atoms with Gasteiger partial charge in [0, 0.05) is 25.8 Å². The number of nitrogens with one attached hydrogen (secondary N) is 2. The van der Waals surface area contributed by atoms with E-state index in [-0.39, 0.29) is 27.3 Å².